The summed E-state index contributed by atoms with van der Waals surface area (Å²) < 4.78 is 53.5. The lowest BCUT2D eigenvalue weighted by molar-refractivity contribution is 0.180. The second-order valence-corrected chi connectivity index (χ2v) is 7.33. The molecule has 26 heavy (non-hydrogen) atoms. The van der Waals surface area contributed by atoms with E-state index >= 15 is 0 Å². The molecule has 0 saturated carbocycles. The molecule has 3 rings (SSSR count). The summed E-state index contributed by atoms with van der Waals surface area (Å²) in [4.78, 5) is 9.40. The number of rotatable bonds is 6. The summed E-state index contributed by atoms with van der Waals surface area (Å²) in [6.07, 6.45) is 2.59. The van der Waals surface area contributed by atoms with E-state index in [1.165, 1.54) is 0 Å². The van der Waals surface area contributed by atoms with Gasteiger partial charge in [0.2, 0.25) is 11.6 Å². The van der Waals surface area contributed by atoms with Gasteiger partial charge < -0.3 is 5.32 Å². The molecule has 0 radical (unpaired) electrons. The Morgan fingerprint density at radius 3 is 2.35 bits per heavy atom. The van der Waals surface area contributed by atoms with E-state index in [-0.39, 0.29) is 12.5 Å². The van der Waals surface area contributed by atoms with Gasteiger partial charge in [0.1, 0.15) is 5.69 Å². The van der Waals surface area contributed by atoms with Crippen LogP contribution in [0.5, 0.6) is 0 Å². The van der Waals surface area contributed by atoms with Crippen molar-refractivity contribution in [2.75, 3.05) is 25.0 Å². The van der Waals surface area contributed by atoms with Crippen molar-refractivity contribution in [3.05, 3.63) is 39.6 Å². The Kier molecular flexibility index (Phi) is 6.08. The highest BCUT2D eigenvalue weighted by molar-refractivity contribution is 7.09. The van der Waals surface area contributed by atoms with Crippen LogP contribution in [0, 0.1) is 29.4 Å². The molecule has 0 aromatic carbocycles. The number of halogens is 4. The van der Waals surface area contributed by atoms with E-state index in [9.17, 15) is 17.6 Å². The smallest absolute Gasteiger partial charge is 0.253 e. The standard InChI is InChI=1S/C17H20F4N4S/c1-2-12-23-11(9-26-12)8-25-5-3-10(4-6-25)7-22-15-13(18)16(20)24-17(21)14(15)19/h9-10H,2-8H2,1H3,(H,22,24). The fourth-order valence-corrected chi connectivity index (χ4v) is 3.79. The van der Waals surface area contributed by atoms with Crippen molar-refractivity contribution in [3.63, 3.8) is 0 Å². The predicted octanol–water partition coefficient (Wildman–Crippen LogP) is 3.98. The van der Waals surface area contributed by atoms with Crippen LogP contribution in [0.1, 0.15) is 30.5 Å². The highest BCUT2D eigenvalue weighted by atomic mass is 32.1. The number of hydrogen-bond acceptors (Lipinski definition) is 5. The summed E-state index contributed by atoms with van der Waals surface area (Å²) in [6, 6.07) is 0. The van der Waals surface area contributed by atoms with Crippen molar-refractivity contribution in [1.82, 2.24) is 14.9 Å². The van der Waals surface area contributed by atoms with Crippen LogP contribution in [0.15, 0.2) is 5.38 Å². The second-order valence-electron chi connectivity index (χ2n) is 6.38. The van der Waals surface area contributed by atoms with Gasteiger partial charge in [0.25, 0.3) is 11.9 Å². The van der Waals surface area contributed by atoms with E-state index in [1.54, 1.807) is 11.3 Å². The molecule has 9 heteroatoms. The molecule has 1 fully saturated rings. The SMILES string of the molecule is CCc1nc(CN2CCC(CNc3c(F)c(F)nc(F)c3F)CC2)cs1. The maximum absolute atomic E-state index is 13.6. The van der Waals surface area contributed by atoms with Crippen LogP contribution in [0.2, 0.25) is 0 Å². The molecule has 1 aliphatic rings. The average Bonchev–Trinajstić information content (AvgIpc) is 3.09. The molecule has 142 valence electrons. The summed E-state index contributed by atoms with van der Waals surface area (Å²) in [5.74, 6) is -6.09. The van der Waals surface area contributed by atoms with Crippen molar-refractivity contribution >= 4 is 17.0 Å². The molecule has 4 nitrogen and oxygen atoms in total. The number of piperidine rings is 1. The third-order valence-corrected chi connectivity index (χ3v) is 5.60. The fourth-order valence-electron chi connectivity index (χ4n) is 3.05. The lowest BCUT2D eigenvalue weighted by atomic mass is 9.96. The van der Waals surface area contributed by atoms with Gasteiger partial charge in [-0.25, -0.2) is 4.98 Å². The number of nitrogens with zero attached hydrogens (tertiary/aromatic N) is 3. The minimum Gasteiger partial charge on any atom is -0.380 e. The van der Waals surface area contributed by atoms with E-state index in [1.807, 2.05) is 0 Å². The molecule has 3 heterocycles. The Morgan fingerprint density at radius 2 is 1.77 bits per heavy atom. The summed E-state index contributed by atoms with van der Waals surface area (Å²) in [6.45, 7) is 4.81. The Bertz CT molecular complexity index is 733. The van der Waals surface area contributed by atoms with Crippen LogP contribution in [-0.2, 0) is 13.0 Å². The number of aromatic nitrogens is 2. The molecule has 2 aromatic heterocycles. The van der Waals surface area contributed by atoms with Crippen LogP contribution in [0.3, 0.4) is 0 Å². The summed E-state index contributed by atoms with van der Waals surface area (Å²) in [5.41, 5.74) is 0.280. The van der Waals surface area contributed by atoms with E-state index in [2.05, 4.69) is 32.5 Å². The van der Waals surface area contributed by atoms with Gasteiger partial charge in [-0.3, -0.25) is 4.90 Å². The van der Waals surface area contributed by atoms with E-state index < -0.39 is 29.2 Å². The first-order chi connectivity index (χ1) is 12.5. The van der Waals surface area contributed by atoms with Gasteiger partial charge in [-0.2, -0.15) is 22.5 Å². The minimum atomic E-state index is -1.64. The molecule has 0 atom stereocenters. The Labute approximate surface area is 153 Å². The number of anilines is 1. The van der Waals surface area contributed by atoms with Crippen molar-refractivity contribution in [2.45, 2.75) is 32.7 Å². The quantitative estimate of drug-likeness (QED) is 0.600. The Morgan fingerprint density at radius 1 is 1.12 bits per heavy atom. The van der Waals surface area contributed by atoms with Crippen molar-refractivity contribution < 1.29 is 17.6 Å². The third kappa shape index (κ3) is 4.32. The molecular weight excluding hydrogens is 368 g/mol. The summed E-state index contributed by atoms with van der Waals surface area (Å²) in [7, 11) is 0. The maximum atomic E-state index is 13.6. The number of aryl methyl sites for hydroxylation is 1. The zero-order chi connectivity index (χ0) is 18.7. The largest absolute Gasteiger partial charge is 0.380 e. The highest BCUT2D eigenvalue weighted by Gasteiger charge is 2.23. The topological polar surface area (TPSA) is 41.1 Å². The number of hydrogen-bond donors (Lipinski definition) is 1. The Balaban J connectivity index is 1.50. The average molecular weight is 388 g/mol. The first-order valence-corrected chi connectivity index (χ1v) is 9.45. The van der Waals surface area contributed by atoms with Gasteiger partial charge in [-0.05, 0) is 38.3 Å². The monoisotopic (exact) mass is 388 g/mol. The van der Waals surface area contributed by atoms with Crippen LogP contribution < -0.4 is 5.32 Å². The number of nitrogens with one attached hydrogen (secondary N) is 1. The zero-order valence-electron chi connectivity index (χ0n) is 14.4. The second kappa shape index (κ2) is 8.30. The van der Waals surface area contributed by atoms with Gasteiger partial charge in [0.15, 0.2) is 0 Å². The van der Waals surface area contributed by atoms with Gasteiger partial charge in [-0.1, -0.05) is 6.92 Å². The molecule has 2 aromatic rings. The maximum Gasteiger partial charge on any atom is 0.253 e. The minimum absolute atomic E-state index is 0.172. The van der Waals surface area contributed by atoms with Crippen molar-refractivity contribution in [1.29, 1.82) is 0 Å². The molecular formula is C17H20F4N4S. The number of likely N-dealkylation sites (tertiary alicyclic amines) is 1. The lowest BCUT2D eigenvalue weighted by Gasteiger charge is -2.31. The van der Waals surface area contributed by atoms with E-state index in [0.29, 0.717) is 0 Å². The molecule has 1 aliphatic heterocycles. The van der Waals surface area contributed by atoms with Crippen molar-refractivity contribution in [3.8, 4) is 0 Å². The molecule has 1 N–H and O–H groups in total. The van der Waals surface area contributed by atoms with E-state index in [0.717, 1.165) is 49.6 Å². The number of thiazole rings is 1. The number of pyridine rings is 1. The van der Waals surface area contributed by atoms with Crippen LogP contribution in [0.4, 0.5) is 23.2 Å². The van der Waals surface area contributed by atoms with Gasteiger partial charge in [-0.15, -0.1) is 11.3 Å². The molecule has 0 amide bonds. The van der Waals surface area contributed by atoms with Gasteiger partial charge >= 0.3 is 0 Å². The van der Waals surface area contributed by atoms with E-state index in [4.69, 9.17) is 0 Å². The van der Waals surface area contributed by atoms with Crippen LogP contribution in [-0.4, -0.2) is 34.5 Å². The third-order valence-electron chi connectivity index (χ3n) is 4.56. The first-order valence-electron chi connectivity index (χ1n) is 8.57. The molecule has 0 bridgehead atoms. The normalized spacial score (nSPS) is 16.2. The van der Waals surface area contributed by atoms with Gasteiger partial charge in [0.05, 0.1) is 10.7 Å². The summed E-state index contributed by atoms with van der Waals surface area (Å²) >= 11 is 1.66. The highest BCUT2D eigenvalue weighted by Crippen LogP contribution is 2.25. The first kappa shape index (κ1) is 19.0. The zero-order valence-corrected chi connectivity index (χ0v) is 15.2. The van der Waals surface area contributed by atoms with Crippen LogP contribution in [0.25, 0.3) is 0 Å². The van der Waals surface area contributed by atoms with Gasteiger partial charge in [0, 0.05) is 18.5 Å². The van der Waals surface area contributed by atoms with Crippen LogP contribution >= 0.6 is 11.3 Å². The molecule has 0 unspecified atom stereocenters. The summed E-state index contributed by atoms with van der Waals surface area (Å²) in [5, 5.41) is 5.71. The molecule has 0 aliphatic carbocycles. The molecule has 0 spiro atoms. The fraction of sp³-hybridized carbons (Fsp3) is 0.529. The predicted molar refractivity (Wildman–Crippen MR) is 92.1 cm³/mol. The molecule has 1 saturated heterocycles. The van der Waals surface area contributed by atoms with Crippen molar-refractivity contribution in [2.24, 2.45) is 5.92 Å². The lowest BCUT2D eigenvalue weighted by Crippen LogP contribution is -2.35. The Hall–Kier alpha value is -1.74.